The standard InChI is InChI=1S/C13H14N2O4S2/c1-9-3-5-10(6-4-9)7-15-21(17,18)13-11(12(16)19-2)14-8-20-13/h3-6,8,15H,7H2,1-2H3. The Morgan fingerprint density at radius 1 is 1.33 bits per heavy atom. The van der Waals surface area contributed by atoms with Crippen molar-refractivity contribution >= 4 is 27.3 Å². The minimum atomic E-state index is -3.81. The summed E-state index contributed by atoms with van der Waals surface area (Å²) < 4.78 is 31.3. The molecule has 0 fully saturated rings. The molecule has 2 rings (SSSR count). The fourth-order valence-corrected chi connectivity index (χ4v) is 3.80. The van der Waals surface area contributed by atoms with Gasteiger partial charge in [-0.25, -0.2) is 22.9 Å². The van der Waals surface area contributed by atoms with E-state index in [2.05, 4.69) is 14.4 Å². The number of esters is 1. The molecule has 0 spiro atoms. The van der Waals surface area contributed by atoms with Gasteiger partial charge in [0.1, 0.15) is 0 Å². The van der Waals surface area contributed by atoms with Crippen molar-refractivity contribution in [2.75, 3.05) is 7.11 Å². The second-order valence-electron chi connectivity index (χ2n) is 4.29. The van der Waals surface area contributed by atoms with Crippen LogP contribution in [0.1, 0.15) is 21.6 Å². The molecule has 8 heteroatoms. The summed E-state index contributed by atoms with van der Waals surface area (Å²) in [6, 6.07) is 7.48. The van der Waals surface area contributed by atoms with Crippen molar-refractivity contribution in [3.8, 4) is 0 Å². The summed E-state index contributed by atoms with van der Waals surface area (Å²) >= 11 is 0.875. The monoisotopic (exact) mass is 326 g/mol. The molecule has 1 heterocycles. The lowest BCUT2D eigenvalue weighted by Crippen LogP contribution is -2.24. The molecular weight excluding hydrogens is 312 g/mol. The Labute approximate surface area is 126 Å². The molecule has 0 aliphatic carbocycles. The molecule has 1 N–H and O–H groups in total. The first-order valence-electron chi connectivity index (χ1n) is 6.01. The molecule has 0 radical (unpaired) electrons. The third-order valence-electron chi connectivity index (χ3n) is 2.74. The Balaban J connectivity index is 2.17. The molecule has 0 saturated heterocycles. The van der Waals surface area contributed by atoms with E-state index in [0.29, 0.717) is 0 Å². The molecule has 0 amide bonds. The highest BCUT2D eigenvalue weighted by atomic mass is 32.2. The van der Waals surface area contributed by atoms with Gasteiger partial charge in [-0.2, -0.15) is 0 Å². The quantitative estimate of drug-likeness (QED) is 0.846. The predicted octanol–water partition coefficient (Wildman–Crippen LogP) is 1.72. The maximum Gasteiger partial charge on any atom is 0.358 e. The largest absolute Gasteiger partial charge is 0.464 e. The Morgan fingerprint density at radius 3 is 2.62 bits per heavy atom. The number of rotatable bonds is 5. The highest BCUT2D eigenvalue weighted by Crippen LogP contribution is 2.20. The molecule has 2 aromatic rings. The average molecular weight is 326 g/mol. The average Bonchev–Trinajstić information content (AvgIpc) is 2.96. The minimum Gasteiger partial charge on any atom is -0.464 e. The molecule has 0 saturated carbocycles. The molecule has 6 nitrogen and oxygen atoms in total. The predicted molar refractivity (Wildman–Crippen MR) is 78.7 cm³/mol. The number of carbonyl (C=O) groups excluding carboxylic acids is 1. The summed E-state index contributed by atoms with van der Waals surface area (Å²) in [7, 11) is -2.63. The van der Waals surface area contributed by atoms with E-state index in [9.17, 15) is 13.2 Å². The number of nitrogens with zero attached hydrogens (tertiary/aromatic N) is 1. The lowest BCUT2D eigenvalue weighted by Gasteiger charge is -2.06. The van der Waals surface area contributed by atoms with Gasteiger partial charge in [0.2, 0.25) is 0 Å². The Hall–Kier alpha value is -1.77. The zero-order valence-electron chi connectivity index (χ0n) is 11.5. The second-order valence-corrected chi connectivity index (χ2v) is 7.11. The maximum absolute atomic E-state index is 12.2. The third kappa shape index (κ3) is 3.66. The Bertz CT molecular complexity index is 736. The van der Waals surface area contributed by atoms with E-state index in [1.807, 2.05) is 31.2 Å². The number of hydrogen-bond acceptors (Lipinski definition) is 6. The molecule has 112 valence electrons. The fraction of sp³-hybridized carbons (Fsp3) is 0.231. The summed E-state index contributed by atoms with van der Waals surface area (Å²) in [6.07, 6.45) is 0. The van der Waals surface area contributed by atoms with Crippen LogP contribution >= 0.6 is 11.3 Å². The smallest absolute Gasteiger partial charge is 0.358 e. The van der Waals surface area contributed by atoms with Crippen LogP contribution in [0.3, 0.4) is 0 Å². The number of sulfonamides is 1. The molecule has 1 aromatic heterocycles. The molecular formula is C13H14N2O4S2. The van der Waals surface area contributed by atoms with Gasteiger partial charge in [-0.3, -0.25) is 0 Å². The number of carbonyl (C=O) groups is 1. The lowest BCUT2D eigenvalue weighted by molar-refractivity contribution is 0.0590. The van der Waals surface area contributed by atoms with Gasteiger partial charge in [0.25, 0.3) is 10.0 Å². The van der Waals surface area contributed by atoms with Gasteiger partial charge >= 0.3 is 5.97 Å². The molecule has 0 aliphatic heterocycles. The number of ether oxygens (including phenoxy) is 1. The van der Waals surface area contributed by atoms with Crippen molar-refractivity contribution < 1.29 is 17.9 Å². The van der Waals surface area contributed by atoms with Gasteiger partial charge in [-0.05, 0) is 12.5 Å². The van der Waals surface area contributed by atoms with Crippen LogP contribution in [0.4, 0.5) is 0 Å². The maximum atomic E-state index is 12.2. The highest BCUT2D eigenvalue weighted by molar-refractivity contribution is 7.91. The summed E-state index contributed by atoms with van der Waals surface area (Å²) in [5, 5.41) is 0. The summed E-state index contributed by atoms with van der Waals surface area (Å²) in [4.78, 5) is 15.2. The number of aryl methyl sites for hydroxylation is 1. The van der Waals surface area contributed by atoms with E-state index in [4.69, 9.17) is 0 Å². The zero-order valence-corrected chi connectivity index (χ0v) is 13.1. The Morgan fingerprint density at radius 2 is 2.00 bits per heavy atom. The molecule has 0 unspecified atom stereocenters. The number of thiazole rings is 1. The van der Waals surface area contributed by atoms with E-state index in [-0.39, 0.29) is 16.4 Å². The summed E-state index contributed by atoms with van der Waals surface area (Å²) in [6.45, 7) is 2.09. The van der Waals surface area contributed by atoms with Crippen molar-refractivity contribution in [3.05, 3.63) is 46.6 Å². The molecule has 21 heavy (non-hydrogen) atoms. The van der Waals surface area contributed by atoms with E-state index >= 15 is 0 Å². The number of benzene rings is 1. The van der Waals surface area contributed by atoms with Crippen LogP contribution in [0.5, 0.6) is 0 Å². The molecule has 0 aliphatic rings. The van der Waals surface area contributed by atoms with Gasteiger partial charge in [0, 0.05) is 6.54 Å². The van der Waals surface area contributed by atoms with Crippen LogP contribution in [0.15, 0.2) is 34.0 Å². The van der Waals surface area contributed by atoms with E-state index in [1.54, 1.807) is 0 Å². The number of methoxy groups -OCH3 is 1. The van der Waals surface area contributed by atoms with Crippen molar-refractivity contribution in [2.45, 2.75) is 17.7 Å². The van der Waals surface area contributed by atoms with Crippen molar-refractivity contribution in [1.29, 1.82) is 0 Å². The number of aromatic nitrogens is 1. The van der Waals surface area contributed by atoms with Gasteiger partial charge in [-0.15, -0.1) is 11.3 Å². The van der Waals surface area contributed by atoms with Gasteiger partial charge in [-0.1, -0.05) is 29.8 Å². The van der Waals surface area contributed by atoms with E-state index < -0.39 is 16.0 Å². The van der Waals surface area contributed by atoms with Crippen LogP contribution < -0.4 is 4.72 Å². The first-order valence-corrected chi connectivity index (χ1v) is 8.37. The Kier molecular flexibility index (Phi) is 4.71. The number of hydrogen-bond donors (Lipinski definition) is 1. The normalized spacial score (nSPS) is 11.3. The van der Waals surface area contributed by atoms with Gasteiger partial charge in [0.15, 0.2) is 9.90 Å². The SMILES string of the molecule is COC(=O)c1ncsc1S(=O)(=O)NCc1ccc(C)cc1. The molecule has 1 aromatic carbocycles. The van der Waals surface area contributed by atoms with E-state index in [1.165, 1.54) is 12.6 Å². The molecule has 0 atom stereocenters. The first-order chi connectivity index (χ1) is 9.94. The lowest BCUT2D eigenvalue weighted by atomic mass is 10.2. The minimum absolute atomic E-state index is 0.138. The summed E-state index contributed by atoms with van der Waals surface area (Å²) in [5.41, 5.74) is 3.02. The van der Waals surface area contributed by atoms with Crippen LogP contribution in [0.25, 0.3) is 0 Å². The van der Waals surface area contributed by atoms with Crippen molar-refractivity contribution in [1.82, 2.24) is 9.71 Å². The van der Waals surface area contributed by atoms with Crippen molar-refractivity contribution in [3.63, 3.8) is 0 Å². The first kappa shape index (κ1) is 15.6. The fourth-order valence-electron chi connectivity index (χ4n) is 1.61. The second kappa shape index (κ2) is 6.33. The van der Waals surface area contributed by atoms with Crippen LogP contribution in [0.2, 0.25) is 0 Å². The van der Waals surface area contributed by atoms with Crippen molar-refractivity contribution in [2.24, 2.45) is 0 Å². The number of nitrogens with one attached hydrogen (secondary N) is 1. The molecule has 0 bridgehead atoms. The van der Waals surface area contributed by atoms with E-state index in [0.717, 1.165) is 22.5 Å². The van der Waals surface area contributed by atoms with Gasteiger partial charge < -0.3 is 4.74 Å². The summed E-state index contributed by atoms with van der Waals surface area (Å²) in [5.74, 6) is -0.771. The zero-order chi connectivity index (χ0) is 15.5. The third-order valence-corrected chi connectivity index (χ3v) is 5.52. The van der Waals surface area contributed by atoms with Crippen LogP contribution in [-0.4, -0.2) is 26.5 Å². The van der Waals surface area contributed by atoms with Crippen LogP contribution in [-0.2, 0) is 21.3 Å². The van der Waals surface area contributed by atoms with Gasteiger partial charge in [0.05, 0.1) is 12.6 Å². The highest BCUT2D eigenvalue weighted by Gasteiger charge is 2.26. The van der Waals surface area contributed by atoms with Crippen LogP contribution in [0, 0.1) is 6.92 Å². The topological polar surface area (TPSA) is 85.4 Å².